The SMILES string of the molecule is CC(C)c1cc(F)cc(-c2ccnc(OCC(C)(C)n3nc(S(N)(=O)=O)c(F)c3CN3CCN(C)CC3)c2)c1CC(=O)O.CC(C)c1cc(F)cc2c1CC(=O)NS(=O)(=O)c1nn(c(CN3CCN(C)CC3)c1F)C(C)(C)COc1cc-2ccn1. The summed E-state index contributed by atoms with van der Waals surface area (Å²) in [7, 11) is -5.13. The number of nitrogens with two attached hydrogens (primary N) is 1. The number of likely N-dealkylation sites (N-methyl/N-ethyl adjacent to an activating group) is 2. The van der Waals surface area contributed by atoms with E-state index in [4.69, 9.17) is 14.6 Å². The van der Waals surface area contributed by atoms with Gasteiger partial charge in [-0.1, -0.05) is 27.7 Å². The van der Waals surface area contributed by atoms with E-state index < -0.39 is 76.3 Å². The number of halogens is 4. The van der Waals surface area contributed by atoms with Crippen molar-refractivity contribution in [1.82, 2.24) is 53.9 Å². The van der Waals surface area contributed by atoms with Crippen molar-refractivity contribution >= 4 is 31.9 Å². The summed E-state index contributed by atoms with van der Waals surface area (Å²) in [6.07, 6.45) is 2.31. The number of hydrogen-bond acceptors (Lipinski definition) is 16. The third-order valence-corrected chi connectivity index (χ3v) is 17.3. The molecule has 4 aromatic heterocycles. The minimum absolute atomic E-state index is 0.0284. The van der Waals surface area contributed by atoms with Crippen LogP contribution in [-0.2, 0) is 66.6 Å². The van der Waals surface area contributed by atoms with Gasteiger partial charge in [-0.05, 0) is 135 Å². The number of carboxylic acid groups (broad SMARTS) is 1. The van der Waals surface area contributed by atoms with E-state index in [1.165, 1.54) is 46.0 Å². The number of carbonyl (C=O) groups excluding carboxylic acids is 1. The first-order valence-electron chi connectivity index (χ1n) is 27.8. The van der Waals surface area contributed by atoms with Gasteiger partial charge in [-0.3, -0.25) is 28.8 Å². The number of carbonyl (C=O) groups is 2. The molecule has 0 radical (unpaired) electrons. The van der Waals surface area contributed by atoms with Crippen LogP contribution < -0.4 is 19.3 Å². The zero-order valence-corrected chi connectivity index (χ0v) is 51.1. The summed E-state index contributed by atoms with van der Waals surface area (Å²) in [4.78, 5) is 41.9. The fraction of sp³-hybridized carbons (Fsp3) is 0.483. The van der Waals surface area contributed by atoms with Crippen molar-refractivity contribution in [2.45, 2.75) is 114 Å². The lowest BCUT2D eigenvalue weighted by atomic mass is 9.88. The van der Waals surface area contributed by atoms with E-state index >= 15 is 8.78 Å². The van der Waals surface area contributed by atoms with E-state index in [1.54, 1.807) is 52.0 Å². The van der Waals surface area contributed by atoms with Crippen molar-refractivity contribution in [2.75, 3.05) is 79.7 Å². The molecule has 2 saturated heterocycles. The minimum atomic E-state index is -4.70. The Morgan fingerprint density at radius 2 is 1.35 bits per heavy atom. The number of nitrogens with zero attached hydrogens (tertiary/aromatic N) is 10. The molecule has 9 rings (SSSR count). The van der Waals surface area contributed by atoms with E-state index in [-0.39, 0.29) is 74.1 Å². The summed E-state index contributed by atoms with van der Waals surface area (Å²) in [6, 6.07) is 11.8. The van der Waals surface area contributed by atoms with E-state index in [1.807, 2.05) is 56.3 Å². The number of ether oxygens (including phenoxy) is 2. The Balaban J connectivity index is 0.000000221. The lowest BCUT2D eigenvalue weighted by Crippen LogP contribution is -2.45. The van der Waals surface area contributed by atoms with Gasteiger partial charge < -0.3 is 24.4 Å². The first-order valence-corrected chi connectivity index (χ1v) is 30.9. The van der Waals surface area contributed by atoms with Crippen molar-refractivity contribution in [3.8, 4) is 34.0 Å². The third-order valence-electron chi connectivity index (χ3n) is 15.3. The number of nitrogens with one attached hydrogen (secondary N) is 1. The van der Waals surface area contributed by atoms with Gasteiger partial charge in [0.2, 0.25) is 27.7 Å². The lowest BCUT2D eigenvalue weighted by molar-refractivity contribution is -0.136. The Hall–Kier alpha value is -6.88. The van der Waals surface area contributed by atoms with E-state index in [0.717, 1.165) is 26.2 Å². The van der Waals surface area contributed by atoms with Gasteiger partial charge in [0.1, 0.15) is 24.8 Å². The van der Waals surface area contributed by atoms with E-state index in [0.29, 0.717) is 70.7 Å². The normalized spacial score (nSPS) is 17.3. The number of sulfonamides is 2. The van der Waals surface area contributed by atoms with Crippen LogP contribution in [0.5, 0.6) is 11.8 Å². The van der Waals surface area contributed by atoms with Gasteiger partial charge in [0.25, 0.3) is 20.0 Å². The topological polar surface area (TPSA) is 254 Å². The highest BCUT2D eigenvalue weighted by molar-refractivity contribution is 7.90. The number of primary sulfonamides is 1. The molecular formula is C58H74F4N12O9S2. The molecule has 0 saturated carbocycles. The van der Waals surface area contributed by atoms with Gasteiger partial charge in [0.15, 0.2) is 11.6 Å². The number of piperazine rings is 2. The molecule has 1 amide bonds. The predicted octanol–water partition coefficient (Wildman–Crippen LogP) is 6.45. The highest BCUT2D eigenvalue weighted by Gasteiger charge is 2.38. The summed E-state index contributed by atoms with van der Waals surface area (Å²) < 4.78 is 129. The Labute approximate surface area is 493 Å². The molecule has 6 aromatic rings. The summed E-state index contributed by atoms with van der Waals surface area (Å²) in [5, 5.41) is 21.4. The van der Waals surface area contributed by atoms with Crippen molar-refractivity contribution in [2.24, 2.45) is 5.14 Å². The van der Waals surface area contributed by atoms with Crippen LogP contribution in [0.3, 0.4) is 0 Å². The largest absolute Gasteiger partial charge is 0.481 e. The third kappa shape index (κ3) is 15.0. The van der Waals surface area contributed by atoms with Crippen molar-refractivity contribution < 1.29 is 58.6 Å². The Morgan fingerprint density at radius 3 is 1.93 bits per heavy atom. The number of rotatable bonds is 14. The van der Waals surface area contributed by atoms with E-state index in [2.05, 4.69) is 30.0 Å². The van der Waals surface area contributed by atoms with Crippen LogP contribution in [0.1, 0.15) is 101 Å². The van der Waals surface area contributed by atoms with Crippen LogP contribution in [0.4, 0.5) is 17.6 Å². The number of hydrogen-bond donors (Lipinski definition) is 3. The Bertz CT molecular complexity index is 3690. The molecule has 7 heterocycles. The standard InChI is InChI=1S/C29H38F2N6O5S.C29H36F2N6O4S/c1-18(2)21-13-20(30)14-22(23(21)15-26(38)39)19-6-7-33-25(12-19)42-17-29(3,4)37-24(16-36-10-8-35(5)9-11-36)27(31)28(34-37)43(32,40)41;1-18(2)21-13-20(30)14-22-19-6-7-32-26(12-19)41-17-29(3,4)37-24(16-36-10-8-35(5)9-11-36)27(31)28(33-37)42(39,40)34-25(38)15-23(21)22/h6-7,12-14,18H,8-11,15-17H2,1-5H3,(H,38,39)(H2,32,40,41);6-7,12-14,18H,8-11,15-17H2,1-5H3,(H,34,38). The second-order valence-corrected chi connectivity index (χ2v) is 26.8. The van der Waals surface area contributed by atoms with Crippen LogP contribution in [-0.4, -0.2) is 163 Å². The average Bonchev–Trinajstić information content (AvgIpc) is 1.83. The number of pyridine rings is 2. The smallest absolute Gasteiger partial charge is 0.307 e. The number of fused-ring (bicyclic) bond motifs is 6. The maximum Gasteiger partial charge on any atom is 0.307 e. The van der Waals surface area contributed by atoms with Crippen molar-refractivity contribution in [1.29, 1.82) is 0 Å². The monoisotopic (exact) mass is 1220 g/mol. The second kappa shape index (κ2) is 25.6. The molecule has 4 bridgehead atoms. The highest BCUT2D eigenvalue weighted by atomic mass is 32.2. The molecule has 3 aliphatic heterocycles. The zero-order chi connectivity index (χ0) is 62.1. The fourth-order valence-electron chi connectivity index (χ4n) is 10.6. The first-order chi connectivity index (χ1) is 39.8. The number of amides is 1. The number of carboxylic acids is 1. The number of benzene rings is 2. The second-order valence-electron chi connectivity index (χ2n) is 23.8. The molecule has 2 fully saturated rings. The quantitative estimate of drug-likeness (QED) is 0.0991. The van der Waals surface area contributed by atoms with E-state index in [9.17, 15) is 40.3 Å². The van der Waals surface area contributed by atoms with Crippen LogP contribution in [0.2, 0.25) is 0 Å². The maximum atomic E-state index is 16.1. The molecule has 0 aliphatic carbocycles. The van der Waals surface area contributed by atoms with Gasteiger partial charge >= 0.3 is 5.97 Å². The molecule has 460 valence electrons. The van der Waals surface area contributed by atoms with Gasteiger partial charge in [-0.25, -0.2) is 45.8 Å². The molecular weight excluding hydrogens is 1150 g/mol. The molecule has 3 aliphatic rings. The molecule has 27 heteroatoms. The molecule has 0 spiro atoms. The van der Waals surface area contributed by atoms with Crippen molar-refractivity contribution in [3.05, 3.63) is 118 Å². The summed E-state index contributed by atoms with van der Waals surface area (Å²) >= 11 is 0. The lowest BCUT2D eigenvalue weighted by Gasteiger charge is -2.33. The van der Waals surface area contributed by atoms with Gasteiger partial charge in [-0.2, -0.15) is 18.6 Å². The van der Waals surface area contributed by atoms with Crippen molar-refractivity contribution in [3.63, 3.8) is 0 Å². The molecule has 85 heavy (non-hydrogen) atoms. The van der Waals surface area contributed by atoms with Crippen LogP contribution in [0.15, 0.2) is 71.0 Å². The number of aromatic nitrogens is 6. The molecule has 0 atom stereocenters. The zero-order valence-electron chi connectivity index (χ0n) is 49.4. The molecule has 0 unspecified atom stereocenters. The summed E-state index contributed by atoms with van der Waals surface area (Å²) in [5.74, 6) is -4.82. The molecule has 21 nitrogen and oxygen atoms in total. The highest BCUT2D eigenvalue weighted by Crippen LogP contribution is 2.37. The number of aliphatic carboxylic acids is 1. The minimum Gasteiger partial charge on any atom is -0.481 e. The Morgan fingerprint density at radius 1 is 0.800 bits per heavy atom. The maximum absolute atomic E-state index is 16.1. The van der Waals surface area contributed by atoms with Crippen LogP contribution in [0.25, 0.3) is 22.3 Å². The van der Waals surface area contributed by atoms with Gasteiger partial charge in [0.05, 0.1) is 35.3 Å². The van der Waals surface area contributed by atoms with Gasteiger partial charge in [0, 0.05) is 90.0 Å². The first kappa shape index (κ1) is 64.1. The molecule has 2 aromatic carbocycles. The Kier molecular flexibility index (Phi) is 19.3. The molecule has 4 N–H and O–H groups in total. The average molecular weight is 1220 g/mol. The van der Waals surface area contributed by atoms with Crippen LogP contribution in [0, 0.1) is 23.3 Å². The fourth-order valence-corrected chi connectivity index (χ4v) is 12.2. The predicted molar refractivity (Wildman–Crippen MR) is 309 cm³/mol. The summed E-state index contributed by atoms with van der Waals surface area (Å²) in [5.41, 5.74) is 2.07. The van der Waals surface area contributed by atoms with Crippen LogP contribution >= 0.6 is 0 Å². The van der Waals surface area contributed by atoms with Gasteiger partial charge in [-0.15, -0.1) is 0 Å². The summed E-state index contributed by atoms with van der Waals surface area (Å²) in [6.45, 7) is 20.3.